The van der Waals surface area contributed by atoms with Crippen LogP contribution in [0.1, 0.15) is 29.7 Å². The summed E-state index contributed by atoms with van der Waals surface area (Å²) in [6.45, 7) is 1.34. The molecule has 43 heavy (non-hydrogen) atoms. The molecule has 4 aromatic rings. The molecule has 1 aromatic heterocycles. The summed E-state index contributed by atoms with van der Waals surface area (Å²) >= 11 is 9.40. The number of hydrogen-bond donors (Lipinski definition) is 1. The standard InChI is InChI=1S/C31H24ClIN2O7S/c1-3-41-30(39)25-26(18-7-5-4-6-8-18)34-31-35(27(25)19-9-11-20(32)12-10-19)29(38)23(43-31)15-17-13-21(33)28(22(14-17)40-2)42-16-24(36)37/h4-15,27H,3,16H2,1-2H3,(H,36,37)/b23-15-/t27-/m1/s1. The zero-order valence-electron chi connectivity index (χ0n) is 22.9. The molecule has 0 unspecified atom stereocenters. The van der Waals surface area contributed by atoms with E-state index in [-0.39, 0.29) is 17.7 Å². The number of esters is 1. The average molecular weight is 731 g/mol. The molecule has 1 aliphatic rings. The number of aromatic nitrogens is 1. The quantitative estimate of drug-likeness (QED) is 0.197. The lowest BCUT2D eigenvalue weighted by atomic mass is 9.93. The highest BCUT2D eigenvalue weighted by atomic mass is 127. The zero-order valence-corrected chi connectivity index (χ0v) is 26.6. The SMILES string of the molecule is CCOC(=O)C1=C(c2ccccc2)N=c2s/c(=C\c3cc(I)c(OCC(=O)O)c(OC)c3)c(=O)n2[C@@H]1c1ccc(Cl)cc1. The fourth-order valence-electron chi connectivity index (χ4n) is 4.65. The molecule has 3 aromatic carbocycles. The van der Waals surface area contributed by atoms with Crippen LogP contribution in [0.15, 0.2) is 82.1 Å². The molecule has 0 saturated heterocycles. The zero-order chi connectivity index (χ0) is 30.7. The van der Waals surface area contributed by atoms with Gasteiger partial charge >= 0.3 is 11.9 Å². The molecular formula is C31H24ClIN2O7S. The second-order valence-electron chi connectivity index (χ2n) is 9.20. The predicted octanol–water partition coefficient (Wildman–Crippen LogP) is 4.67. The van der Waals surface area contributed by atoms with Crippen molar-refractivity contribution in [1.29, 1.82) is 0 Å². The topological polar surface area (TPSA) is 116 Å². The summed E-state index contributed by atoms with van der Waals surface area (Å²) in [7, 11) is 1.45. The first-order chi connectivity index (χ1) is 20.7. The monoisotopic (exact) mass is 730 g/mol. The highest BCUT2D eigenvalue weighted by Gasteiger charge is 2.35. The molecule has 0 spiro atoms. The summed E-state index contributed by atoms with van der Waals surface area (Å²) in [5.41, 5.74) is 2.31. The van der Waals surface area contributed by atoms with Crippen LogP contribution in [-0.4, -0.2) is 41.9 Å². The van der Waals surface area contributed by atoms with E-state index in [9.17, 15) is 14.4 Å². The van der Waals surface area contributed by atoms with Crippen molar-refractivity contribution in [3.8, 4) is 11.5 Å². The number of carbonyl (C=O) groups excluding carboxylic acids is 1. The van der Waals surface area contributed by atoms with Gasteiger partial charge in [-0.05, 0) is 71.0 Å². The molecule has 5 rings (SSSR count). The molecule has 0 saturated carbocycles. The Hall–Kier alpha value is -3.94. The van der Waals surface area contributed by atoms with Gasteiger partial charge in [0.05, 0.1) is 39.1 Å². The third-order valence-electron chi connectivity index (χ3n) is 6.45. The molecular weight excluding hydrogens is 707 g/mol. The second-order valence-corrected chi connectivity index (χ2v) is 11.8. The number of fused-ring (bicyclic) bond motifs is 1. The number of carboxylic acid groups (broad SMARTS) is 1. The Morgan fingerprint density at radius 2 is 1.86 bits per heavy atom. The van der Waals surface area contributed by atoms with Gasteiger partial charge in [0.2, 0.25) is 0 Å². The molecule has 0 bridgehead atoms. The number of hydrogen-bond acceptors (Lipinski definition) is 8. The van der Waals surface area contributed by atoms with E-state index in [1.807, 2.05) is 52.9 Å². The first-order valence-corrected chi connectivity index (χ1v) is 15.2. The summed E-state index contributed by atoms with van der Waals surface area (Å²) in [5, 5.41) is 9.54. The first-order valence-electron chi connectivity index (χ1n) is 13.0. The van der Waals surface area contributed by atoms with Gasteiger partial charge in [-0.1, -0.05) is 65.4 Å². The van der Waals surface area contributed by atoms with Crippen LogP contribution in [0.4, 0.5) is 0 Å². The van der Waals surface area contributed by atoms with Crippen molar-refractivity contribution in [1.82, 2.24) is 4.57 Å². The number of rotatable bonds is 9. The Balaban J connectivity index is 1.75. The number of carboxylic acids is 1. The van der Waals surface area contributed by atoms with Gasteiger partial charge in [0, 0.05) is 10.6 Å². The number of halogens is 2. The minimum Gasteiger partial charge on any atom is -0.493 e. The number of thiazole rings is 1. The van der Waals surface area contributed by atoms with Crippen LogP contribution < -0.4 is 24.4 Å². The molecule has 0 amide bonds. The molecule has 0 radical (unpaired) electrons. The van der Waals surface area contributed by atoms with Crippen molar-refractivity contribution in [2.24, 2.45) is 4.99 Å². The van der Waals surface area contributed by atoms with Gasteiger partial charge < -0.3 is 19.3 Å². The second kappa shape index (κ2) is 13.1. The van der Waals surface area contributed by atoms with Gasteiger partial charge in [-0.2, -0.15) is 0 Å². The minimum absolute atomic E-state index is 0.148. The smallest absolute Gasteiger partial charge is 0.341 e. The third-order valence-corrected chi connectivity index (χ3v) is 8.49. The minimum atomic E-state index is -1.12. The van der Waals surface area contributed by atoms with E-state index >= 15 is 0 Å². The van der Waals surface area contributed by atoms with Gasteiger partial charge in [-0.3, -0.25) is 9.36 Å². The Morgan fingerprint density at radius 1 is 1.14 bits per heavy atom. The van der Waals surface area contributed by atoms with E-state index in [0.717, 1.165) is 0 Å². The van der Waals surface area contributed by atoms with E-state index in [2.05, 4.69) is 0 Å². The maximum atomic E-state index is 14.1. The van der Waals surface area contributed by atoms with Gasteiger partial charge in [0.25, 0.3) is 5.56 Å². The third kappa shape index (κ3) is 6.38. The first kappa shape index (κ1) is 30.5. The molecule has 0 fully saturated rings. The molecule has 1 atom stereocenters. The van der Waals surface area contributed by atoms with Crippen molar-refractivity contribution >= 4 is 69.2 Å². The molecule has 220 valence electrons. The number of carbonyl (C=O) groups is 2. The summed E-state index contributed by atoms with van der Waals surface area (Å²) in [4.78, 5) is 43.9. The van der Waals surface area contributed by atoms with Crippen LogP contribution in [0.3, 0.4) is 0 Å². The number of nitrogens with zero attached hydrogens (tertiary/aromatic N) is 2. The number of ether oxygens (including phenoxy) is 3. The van der Waals surface area contributed by atoms with Gasteiger partial charge in [-0.25, -0.2) is 14.6 Å². The lowest BCUT2D eigenvalue weighted by Crippen LogP contribution is -2.40. The Bertz CT molecular complexity index is 1920. The van der Waals surface area contributed by atoms with Gasteiger partial charge in [0.15, 0.2) is 22.9 Å². The van der Waals surface area contributed by atoms with Crippen LogP contribution in [0.5, 0.6) is 11.5 Å². The van der Waals surface area contributed by atoms with E-state index < -0.39 is 24.6 Å². The van der Waals surface area contributed by atoms with E-state index in [1.54, 1.807) is 49.4 Å². The fraction of sp³-hybridized carbons (Fsp3) is 0.161. The summed E-state index contributed by atoms with van der Waals surface area (Å²) < 4.78 is 18.8. The Labute approximate surface area is 268 Å². The largest absolute Gasteiger partial charge is 0.493 e. The molecule has 1 N–H and O–H groups in total. The molecule has 2 heterocycles. The van der Waals surface area contributed by atoms with E-state index in [4.69, 9.17) is 35.9 Å². The van der Waals surface area contributed by atoms with Gasteiger partial charge in [0.1, 0.15) is 0 Å². The van der Waals surface area contributed by atoms with Crippen molar-refractivity contribution < 1.29 is 28.9 Å². The van der Waals surface area contributed by atoms with Gasteiger partial charge in [-0.15, -0.1) is 0 Å². The summed E-state index contributed by atoms with van der Waals surface area (Å²) in [6.07, 6.45) is 1.70. The normalized spacial score (nSPS) is 14.6. The average Bonchev–Trinajstić information content (AvgIpc) is 3.30. The maximum absolute atomic E-state index is 14.1. The molecule has 0 aliphatic carbocycles. The lowest BCUT2D eigenvalue weighted by molar-refractivity contribution is -0.140. The predicted molar refractivity (Wildman–Crippen MR) is 171 cm³/mol. The molecule has 9 nitrogen and oxygen atoms in total. The van der Waals surface area contributed by atoms with E-state index in [1.165, 1.54) is 23.0 Å². The summed E-state index contributed by atoms with van der Waals surface area (Å²) in [6, 6.07) is 18.9. The number of benzene rings is 3. The Morgan fingerprint density at radius 3 is 2.51 bits per heavy atom. The molecule has 1 aliphatic heterocycles. The van der Waals surface area contributed by atoms with Crippen LogP contribution in [-0.2, 0) is 14.3 Å². The summed E-state index contributed by atoms with van der Waals surface area (Å²) in [5.74, 6) is -1.08. The highest BCUT2D eigenvalue weighted by Crippen LogP contribution is 2.36. The maximum Gasteiger partial charge on any atom is 0.341 e. The van der Waals surface area contributed by atoms with Crippen LogP contribution in [0.25, 0.3) is 11.8 Å². The van der Waals surface area contributed by atoms with Crippen molar-refractivity contribution in [2.75, 3.05) is 20.3 Å². The Kier molecular flexibility index (Phi) is 9.33. The van der Waals surface area contributed by atoms with Crippen molar-refractivity contribution in [2.45, 2.75) is 13.0 Å². The van der Waals surface area contributed by atoms with E-state index in [0.29, 0.717) is 51.8 Å². The van der Waals surface area contributed by atoms with Crippen molar-refractivity contribution in [3.63, 3.8) is 0 Å². The fourth-order valence-corrected chi connectivity index (χ4v) is 6.56. The molecule has 12 heteroatoms. The highest BCUT2D eigenvalue weighted by molar-refractivity contribution is 14.1. The number of aliphatic carboxylic acids is 1. The van der Waals surface area contributed by atoms with Crippen molar-refractivity contribution in [3.05, 3.63) is 117 Å². The van der Waals surface area contributed by atoms with Crippen LogP contribution in [0.2, 0.25) is 5.02 Å². The van der Waals surface area contributed by atoms with Crippen LogP contribution >= 0.6 is 45.5 Å². The number of methoxy groups -OCH3 is 1. The van der Waals surface area contributed by atoms with Crippen LogP contribution in [0, 0.1) is 3.57 Å². The lowest BCUT2D eigenvalue weighted by Gasteiger charge is -2.25.